The van der Waals surface area contributed by atoms with Gasteiger partial charge in [-0.2, -0.15) is 0 Å². The van der Waals surface area contributed by atoms with Crippen LogP contribution in [0.4, 0.5) is 0 Å². The molecule has 0 aromatic carbocycles. The minimum absolute atomic E-state index is 0.0920. The van der Waals surface area contributed by atoms with Crippen LogP contribution in [0, 0.1) is 5.41 Å². The van der Waals surface area contributed by atoms with E-state index in [1.54, 1.807) is 13.8 Å². The minimum atomic E-state index is -1.22. The van der Waals surface area contributed by atoms with E-state index < -0.39 is 54.5 Å². The monoisotopic (exact) mass is 555 g/mol. The van der Waals surface area contributed by atoms with E-state index in [4.69, 9.17) is 35.2 Å². The van der Waals surface area contributed by atoms with Crippen molar-refractivity contribution < 1.29 is 69.1 Å². The first-order valence-corrected chi connectivity index (χ1v) is 10.9. The number of carbonyl (C=O) groups is 5. The van der Waals surface area contributed by atoms with E-state index in [-0.39, 0.29) is 51.8 Å². The number of carbonyl (C=O) groups excluding carboxylic acids is 1. The van der Waals surface area contributed by atoms with Gasteiger partial charge in [-0.15, -0.1) is 0 Å². The maximum atomic E-state index is 11.8. The number of aliphatic hydroxyl groups excluding tert-OH is 1. The lowest BCUT2D eigenvalue weighted by molar-refractivity contribution is -0.208. The molecule has 0 aromatic rings. The number of methoxy groups -OCH3 is 1. The second-order valence-electron chi connectivity index (χ2n) is 8.47. The maximum absolute atomic E-state index is 11.8. The summed E-state index contributed by atoms with van der Waals surface area (Å²) in [5, 5.41) is 54.8. The molecule has 0 bridgehead atoms. The molecular formula is C21H37N3O14. The number of carboxylic acid groups (broad SMARTS) is 4. The molecule has 0 aliphatic rings. The highest BCUT2D eigenvalue weighted by Gasteiger charge is 2.30. The molecule has 38 heavy (non-hydrogen) atoms. The van der Waals surface area contributed by atoms with Crippen LogP contribution in [0.3, 0.4) is 0 Å². The zero-order valence-corrected chi connectivity index (χ0v) is 21.5. The molecule has 0 radical (unpaired) electrons. The van der Waals surface area contributed by atoms with Gasteiger partial charge in [-0.3, -0.25) is 33.8 Å². The van der Waals surface area contributed by atoms with Crippen molar-refractivity contribution in [2.24, 2.45) is 5.41 Å². The summed E-state index contributed by atoms with van der Waals surface area (Å²) < 4.78 is 9.83. The third-order valence-corrected chi connectivity index (χ3v) is 4.23. The Morgan fingerprint density at radius 3 is 1.74 bits per heavy atom. The number of carboxylic acids is 4. The summed E-state index contributed by atoms with van der Waals surface area (Å²) in [6.07, 6.45) is -1.19. The summed E-state index contributed by atoms with van der Waals surface area (Å²) >= 11 is 0. The van der Waals surface area contributed by atoms with Gasteiger partial charge in [0.15, 0.2) is 0 Å². The van der Waals surface area contributed by atoms with Crippen LogP contribution in [-0.2, 0) is 38.3 Å². The Morgan fingerprint density at radius 2 is 1.34 bits per heavy atom. The molecule has 0 amide bonds. The molecule has 0 saturated carbocycles. The van der Waals surface area contributed by atoms with Gasteiger partial charge in [-0.1, -0.05) is 0 Å². The van der Waals surface area contributed by atoms with E-state index in [2.05, 4.69) is 16.8 Å². The number of nitrogens with zero attached hydrogens (tertiary/aromatic N) is 2. The number of nitrogens with one attached hydrogen (secondary N) is 1. The molecule has 0 aliphatic heterocycles. The van der Waals surface area contributed by atoms with Crippen LogP contribution < -0.4 is 5.32 Å². The summed E-state index contributed by atoms with van der Waals surface area (Å²) in [6.45, 7) is 4.59. The topological polar surface area (TPSA) is 253 Å². The quantitative estimate of drug-likeness (QED) is 0.0372. The normalized spacial score (nSPS) is 11.7. The van der Waals surface area contributed by atoms with Crippen LogP contribution in [0.25, 0.3) is 0 Å². The highest BCUT2D eigenvalue weighted by atomic mass is 17.1. The van der Waals surface area contributed by atoms with E-state index in [1.165, 1.54) is 12.0 Å². The summed E-state index contributed by atoms with van der Waals surface area (Å²) in [5.74, 6) is -5.32. The first-order valence-electron chi connectivity index (χ1n) is 10.9. The smallest absolute Gasteiger partial charge is 0.317 e. The average Bonchev–Trinajstić information content (AvgIpc) is 2.75. The highest BCUT2D eigenvalue weighted by Crippen LogP contribution is 2.17. The number of hydrogen-bond acceptors (Lipinski definition) is 13. The maximum Gasteiger partial charge on any atom is 0.317 e. The predicted molar refractivity (Wildman–Crippen MR) is 127 cm³/mol. The summed E-state index contributed by atoms with van der Waals surface area (Å²) in [5.41, 5.74) is -0.879. The molecule has 1 atom stereocenters. The Morgan fingerprint density at radius 1 is 0.895 bits per heavy atom. The Bertz CT molecular complexity index is 757. The van der Waals surface area contributed by atoms with Gasteiger partial charge in [0.05, 0.1) is 38.2 Å². The lowest BCUT2D eigenvalue weighted by atomic mass is 9.95. The number of aliphatic carboxylic acids is 4. The van der Waals surface area contributed by atoms with Crippen LogP contribution in [0.1, 0.15) is 13.8 Å². The van der Waals surface area contributed by atoms with E-state index in [0.29, 0.717) is 0 Å². The number of rotatable bonds is 20. The standard InChI is InChI=1S/C13H23NO8.C8H14N2O6/c1-13(2,8-21-3)12(20)22-7-9(15)4-14(5-10(16)17)6-11(18)19;1-6(16-15)9-2-3-10(4-7(11)12)5-8(13)14/h9,15H,4-8H2,1-3H3,(H,16,17)(H,18,19);9,15H,1-5H2,(H,11,12)(H,13,14). The van der Waals surface area contributed by atoms with Crippen molar-refractivity contribution in [3.63, 3.8) is 0 Å². The van der Waals surface area contributed by atoms with Gasteiger partial charge in [0, 0.05) is 26.7 Å². The van der Waals surface area contributed by atoms with Crippen LogP contribution >= 0.6 is 0 Å². The summed E-state index contributed by atoms with van der Waals surface area (Å²) in [6, 6.07) is 0. The highest BCUT2D eigenvalue weighted by molar-refractivity contribution is 5.76. The Kier molecular flexibility index (Phi) is 18.9. The second-order valence-corrected chi connectivity index (χ2v) is 8.47. The fourth-order valence-corrected chi connectivity index (χ4v) is 2.69. The summed E-state index contributed by atoms with van der Waals surface area (Å²) in [7, 11) is 1.44. The second kappa shape index (κ2) is 19.6. The van der Waals surface area contributed by atoms with E-state index >= 15 is 0 Å². The first kappa shape index (κ1) is 36.6. The number of aliphatic hydroxyl groups is 1. The molecule has 220 valence electrons. The van der Waals surface area contributed by atoms with Crippen molar-refractivity contribution in [2.75, 3.05) is 66.1 Å². The van der Waals surface area contributed by atoms with Gasteiger partial charge in [0.1, 0.15) is 12.7 Å². The molecule has 0 rings (SSSR count). The van der Waals surface area contributed by atoms with E-state index in [0.717, 1.165) is 4.90 Å². The Labute approximate surface area is 218 Å². The molecular weight excluding hydrogens is 518 g/mol. The van der Waals surface area contributed by atoms with Crippen LogP contribution in [0.2, 0.25) is 0 Å². The first-order chi connectivity index (χ1) is 17.5. The Hall–Kier alpha value is -3.51. The van der Waals surface area contributed by atoms with Crippen molar-refractivity contribution in [2.45, 2.75) is 20.0 Å². The largest absolute Gasteiger partial charge is 0.480 e. The van der Waals surface area contributed by atoms with E-state index in [9.17, 15) is 29.1 Å². The Balaban J connectivity index is 0. The van der Waals surface area contributed by atoms with Gasteiger partial charge in [0.25, 0.3) is 0 Å². The molecule has 17 heteroatoms. The molecule has 1 unspecified atom stereocenters. The van der Waals surface area contributed by atoms with Gasteiger partial charge >= 0.3 is 29.8 Å². The third-order valence-electron chi connectivity index (χ3n) is 4.23. The number of esters is 1. The van der Waals surface area contributed by atoms with Gasteiger partial charge in [-0.05, 0) is 20.4 Å². The van der Waals surface area contributed by atoms with Crippen molar-refractivity contribution in [1.82, 2.24) is 15.1 Å². The van der Waals surface area contributed by atoms with Gasteiger partial charge in [-0.25, -0.2) is 5.26 Å². The van der Waals surface area contributed by atoms with E-state index in [1.807, 2.05) is 0 Å². The lowest BCUT2D eigenvalue weighted by Gasteiger charge is -2.24. The molecule has 0 aliphatic carbocycles. The third kappa shape index (κ3) is 20.7. The van der Waals surface area contributed by atoms with Crippen LogP contribution in [0.5, 0.6) is 0 Å². The minimum Gasteiger partial charge on any atom is -0.480 e. The molecule has 17 nitrogen and oxygen atoms in total. The molecule has 0 saturated heterocycles. The zero-order chi connectivity index (χ0) is 29.9. The van der Waals surface area contributed by atoms with Crippen LogP contribution in [-0.4, -0.2) is 143 Å². The average molecular weight is 556 g/mol. The van der Waals surface area contributed by atoms with Crippen molar-refractivity contribution in [1.29, 1.82) is 0 Å². The molecule has 0 heterocycles. The number of hydrogen-bond donors (Lipinski definition) is 7. The van der Waals surface area contributed by atoms with Crippen LogP contribution in [0.15, 0.2) is 12.5 Å². The van der Waals surface area contributed by atoms with Gasteiger partial charge < -0.3 is 45.2 Å². The lowest BCUT2D eigenvalue weighted by Crippen LogP contribution is -2.42. The molecule has 0 spiro atoms. The predicted octanol–water partition coefficient (Wildman–Crippen LogP) is -1.96. The fraction of sp³-hybridized carbons (Fsp3) is 0.667. The van der Waals surface area contributed by atoms with Crippen molar-refractivity contribution in [3.8, 4) is 0 Å². The molecule has 0 aromatic heterocycles. The van der Waals surface area contributed by atoms with Gasteiger partial charge in [0.2, 0.25) is 5.88 Å². The zero-order valence-electron chi connectivity index (χ0n) is 21.5. The van der Waals surface area contributed by atoms with Crippen molar-refractivity contribution in [3.05, 3.63) is 12.5 Å². The molecule has 0 fully saturated rings. The fourth-order valence-electron chi connectivity index (χ4n) is 2.69. The molecule has 7 N–H and O–H groups in total. The van der Waals surface area contributed by atoms with Crippen molar-refractivity contribution >= 4 is 29.8 Å². The summed E-state index contributed by atoms with van der Waals surface area (Å²) in [4.78, 5) is 59.8. The SMILES string of the molecule is C=C(NCCN(CC(=O)O)CC(=O)O)OO.COCC(C)(C)C(=O)OCC(O)CN(CC(=O)O)CC(=O)O. The number of ether oxygens (including phenoxy) is 2.